The number of hydrogen-bond donors (Lipinski definition) is 1. The smallest absolute Gasteiger partial charge is 0.0524 e. The van der Waals surface area contributed by atoms with Crippen molar-refractivity contribution in [1.82, 2.24) is 20.0 Å². The van der Waals surface area contributed by atoms with Crippen molar-refractivity contribution in [3.63, 3.8) is 0 Å². The molecule has 1 saturated heterocycles. The first kappa shape index (κ1) is 11.6. The molecule has 2 heterocycles. The van der Waals surface area contributed by atoms with Crippen molar-refractivity contribution in [2.75, 3.05) is 19.6 Å². The minimum absolute atomic E-state index is 0.718. The van der Waals surface area contributed by atoms with E-state index in [4.69, 9.17) is 0 Å². The van der Waals surface area contributed by atoms with Gasteiger partial charge in [-0.25, -0.2) is 0 Å². The van der Waals surface area contributed by atoms with Crippen LogP contribution in [-0.2, 0) is 13.1 Å². The zero-order chi connectivity index (χ0) is 11.4. The largest absolute Gasteiger partial charge is 0.314 e. The minimum Gasteiger partial charge on any atom is -0.314 e. The van der Waals surface area contributed by atoms with Crippen LogP contribution in [0.25, 0.3) is 0 Å². The van der Waals surface area contributed by atoms with E-state index in [0.29, 0.717) is 0 Å². The van der Waals surface area contributed by atoms with Crippen molar-refractivity contribution in [2.24, 2.45) is 0 Å². The number of aromatic nitrogens is 2. The lowest BCUT2D eigenvalue weighted by atomic mass is 10.1. The Hall–Kier alpha value is -0.870. The second-order valence-electron chi connectivity index (χ2n) is 4.42. The van der Waals surface area contributed by atoms with Crippen molar-refractivity contribution in [1.29, 1.82) is 0 Å². The zero-order valence-corrected chi connectivity index (χ0v) is 10.3. The summed E-state index contributed by atoms with van der Waals surface area (Å²) in [5.74, 6) is 0. The SMILES string of the molecule is CCCn1nccc1CN(CC)C1CNC1. The molecule has 4 nitrogen and oxygen atoms in total. The molecule has 0 amide bonds. The Morgan fingerprint density at radius 2 is 2.31 bits per heavy atom. The summed E-state index contributed by atoms with van der Waals surface area (Å²) in [5, 5.41) is 7.70. The van der Waals surface area contributed by atoms with Crippen LogP contribution in [0, 0.1) is 0 Å². The van der Waals surface area contributed by atoms with Crippen LogP contribution >= 0.6 is 0 Å². The van der Waals surface area contributed by atoms with Gasteiger partial charge in [0.15, 0.2) is 0 Å². The maximum Gasteiger partial charge on any atom is 0.0524 e. The first-order chi connectivity index (χ1) is 7.85. The van der Waals surface area contributed by atoms with Gasteiger partial charge in [0.1, 0.15) is 0 Å². The lowest BCUT2D eigenvalue weighted by Gasteiger charge is -2.37. The van der Waals surface area contributed by atoms with Gasteiger partial charge in [0.05, 0.1) is 5.69 Å². The molecular weight excluding hydrogens is 200 g/mol. The number of nitrogens with zero attached hydrogens (tertiary/aromatic N) is 3. The molecule has 0 radical (unpaired) electrons. The topological polar surface area (TPSA) is 33.1 Å². The van der Waals surface area contributed by atoms with Gasteiger partial charge in [-0.3, -0.25) is 9.58 Å². The summed E-state index contributed by atoms with van der Waals surface area (Å²) in [5.41, 5.74) is 1.34. The predicted octanol–water partition coefficient (Wildman–Crippen LogP) is 1.09. The molecule has 90 valence electrons. The Morgan fingerprint density at radius 1 is 1.50 bits per heavy atom. The van der Waals surface area contributed by atoms with Crippen LogP contribution in [0.4, 0.5) is 0 Å². The maximum atomic E-state index is 4.37. The fourth-order valence-electron chi connectivity index (χ4n) is 2.15. The number of rotatable bonds is 6. The Bertz CT molecular complexity index is 317. The van der Waals surface area contributed by atoms with Gasteiger partial charge >= 0.3 is 0 Å². The van der Waals surface area contributed by atoms with Gasteiger partial charge in [-0.2, -0.15) is 5.10 Å². The van der Waals surface area contributed by atoms with Gasteiger partial charge in [0, 0.05) is 38.4 Å². The third-order valence-electron chi connectivity index (χ3n) is 3.29. The molecule has 1 aromatic heterocycles. The normalized spacial score (nSPS) is 16.7. The number of likely N-dealkylation sites (N-methyl/N-ethyl adjacent to an activating group) is 1. The highest BCUT2D eigenvalue weighted by molar-refractivity contribution is 5.01. The molecule has 0 aromatic carbocycles. The molecule has 1 aliphatic heterocycles. The second-order valence-corrected chi connectivity index (χ2v) is 4.42. The molecule has 0 saturated carbocycles. The molecule has 0 spiro atoms. The molecule has 1 N–H and O–H groups in total. The first-order valence-corrected chi connectivity index (χ1v) is 6.30. The summed E-state index contributed by atoms with van der Waals surface area (Å²) in [6, 6.07) is 2.86. The number of nitrogens with one attached hydrogen (secondary N) is 1. The average molecular weight is 222 g/mol. The fourth-order valence-corrected chi connectivity index (χ4v) is 2.15. The van der Waals surface area contributed by atoms with Crippen LogP contribution in [-0.4, -0.2) is 40.4 Å². The summed E-state index contributed by atoms with van der Waals surface area (Å²) >= 11 is 0. The molecular formula is C12H22N4. The lowest BCUT2D eigenvalue weighted by Crippen LogP contribution is -2.56. The Balaban J connectivity index is 1.97. The molecule has 0 bridgehead atoms. The summed E-state index contributed by atoms with van der Waals surface area (Å²) in [6.45, 7) is 9.87. The van der Waals surface area contributed by atoms with Crippen LogP contribution in [0.5, 0.6) is 0 Å². The molecule has 0 unspecified atom stereocenters. The van der Waals surface area contributed by atoms with E-state index in [0.717, 1.165) is 45.2 Å². The Labute approximate surface area is 97.6 Å². The van der Waals surface area contributed by atoms with Crippen LogP contribution in [0.2, 0.25) is 0 Å². The van der Waals surface area contributed by atoms with Crippen LogP contribution in [0.1, 0.15) is 26.0 Å². The maximum absolute atomic E-state index is 4.37. The molecule has 1 fully saturated rings. The third-order valence-corrected chi connectivity index (χ3v) is 3.29. The van der Waals surface area contributed by atoms with Crippen LogP contribution < -0.4 is 5.32 Å². The quantitative estimate of drug-likeness (QED) is 0.782. The highest BCUT2D eigenvalue weighted by Crippen LogP contribution is 2.11. The second kappa shape index (κ2) is 5.46. The van der Waals surface area contributed by atoms with Crippen molar-refractivity contribution < 1.29 is 0 Å². The van der Waals surface area contributed by atoms with E-state index in [1.807, 2.05) is 6.20 Å². The van der Waals surface area contributed by atoms with Gasteiger partial charge in [0.25, 0.3) is 0 Å². The Kier molecular flexibility index (Phi) is 3.96. The molecule has 0 atom stereocenters. The van der Waals surface area contributed by atoms with E-state index in [-0.39, 0.29) is 0 Å². The van der Waals surface area contributed by atoms with Gasteiger partial charge in [-0.1, -0.05) is 13.8 Å². The first-order valence-electron chi connectivity index (χ1n) is 6.30. The Morgan fingerprint density at radius 3 is 2.88 bits per heavy atom. The average Bonchev–Trinajstić information content (AvgIpc) is 2.63. The molecule has 2 rings (SSSR count). The van der Waals surface area contributed by atoms with Gasteiger partial charge in [-0.05, 0) is 19.0 Å². The minimum atomic E-state index is 0.718. The standard InChI is InChI=1S/C12H22N4/c1-3-7-16-11(5-6-14-16)10-15(4-2)12-8-13-9-12/h5-6,12-13H,3-4,7-10H2,1-2H3. The van der Waals surface area contributed by atoms with E-state index < -0.39 is 0 Å². The molecule has 1 aliphatic rings. The van der Waals surface area contributed by atoms with Crippen molar-refractivity contribution in [3.05, 3.63) is 18.0 Å². The van der Waals surface area contributed by atoms with Gasteiger partial charge in [0.2, 0.25) is 0 Å². The van der Waals surface area contributed by atoms with Crippen molar-refractivity contribution >= 4 is 0 Å². The number of hydrogen-bond acceptors (Lipinski definition) is 3. The summed E-state index contributed by atoms with van der Waals surface area (Å²) in [4.78, 5) is 2.53. The van der Waals surface area contributed by atoms with Crippen LogP contribution in [0.15, 0.2) is 12.3 Å². The molecule has 0 aliphatic carbocycles. The van der Waals surface area contributed by atoms with Crippen molar-refractivity contribution in [3.8, 4) is 0 Å². The number of aryl methyl sites for hydroxylation is 1. The van der Waals surface area contributed by atoms with Gasteiger partial charge < -0.3 is 5.32 Å². The summed E-state index contributed by atoms with van der Waals surface area (Å²) in [7, 11) is 0. The van der Waals surface area contributed by atoms with E-state index in [9.17, 15) is 0 Å². The van der Waals surface area contributed by atoms with E-state index in [1.54, 1.807) is 0 Å². The monoisotopic (exact) mass is 222 g/mol. The molecule has 1 aromatic rings. The van der Waals surface area contributed by atoms with E-state index in [2.05, 4.69) is 39.9 Å². The summed E-state index contributed by atoms with van der Waals surface area (Å²) < 4.78 is 2.13. The fraction of sp³-hybridized carbons (Fsp3) is 0.750. The van der Waals surface area contributed by atoms with Crippen LogP contribution in [0.3, 0.4) is 0 Å². The predicted molar refractivity (Wildman–Crippen MR) is 65.3 cm³/mol. The highest BCUT2D eigenvalue weighted by Gasteiger charge is 2.23. The lowest BCUT2D eigenvalue weighted by molar-refractivity contribution is 0.141. The van der Waals surface area contributed by atoms with Crippen molar-refractivity contribution in [2.45, 2.75) is 39.4 Å². The van der Waals surface area contributed by atoms with E-state index in [1.165, 1.54) is 5.69 Å². The third kappa shape index (κ3) is 2.44. The highest BCUT2D eigenvalue weighted by atomic mass is 15.3. The van der Waals surface area contributed by atoms with Gasteiger partial charge in [-0.15, -0.1) is 0 Å². The molecule has 16 heavy (non-hydrogen) atoms. The zero-order valence-electron chi connectivity index (χ0n) is 10.3. The van der Waals surface area contributed by atoms with E-state index >= 15 is 0 Å². The molecule has 4 heteroatoms. The summed E-state index contributed by atoms with van der Waals surface area (Å²) in [6.07, 6.45) is 3.06.